The standard InChI is InChI=1S/C20H22O6/c1-23-10-11-26-16-7-5-15(6-8-16)17(21)9-4-14-12-18(24-2)20(22)19(13-14)25-3/h4-9,12-13,22H,10-11H2,1-3H3/b9-4-. The third kappa shape index (κ3) is 5.00. The van der Waals surface area contributed by atoms with Gasteiger partial charge in [-0.15, -0.1) is 0 Å². The molecule has 26 heavy (non-hydrogen) atoms. The van der Waals surface area contributed by atoms with Crippen LogP contribution in [0.15, 0.2) is 42.5 Å². The second-order valence-corrected chi connectivity index (χ2v) is 5.34. The molecule has 138 valence electrons. The highest BCUT2D eigenvalue weighted by molar-refractivity contribution is 6.06. The highest BCUT2D eigenvalue weighted by Crippen LogP contribution is 2.37. The van der Waals surface area contributed by atoms with E-state index < -0.39 is 0 Å². The summed E-state index contributed by atoms with van der Waals surface area (Å²) in [5, 5.41) is 9.91. The number of benzene rings is 2. The highest BCUT2D eigenvalue weighted by atomic mass is 16.5. The molecule has 0 saturated heterocycles. The van der Waals surface area contributed by atoms with Gasteiger partial charge in [-0.3, -0.25) is 4.79 Å². The van der Waals surface area contributed by atoms with Crippen molar-refractivity contribution in [2.75, 3.05) is 34.5 Å². The number of rotatable bonds is 9. The molecule has 0 bridgehead atoms. The van der Waals surface area contributed by atoms with Crippen LogP contribution in [0.1, 0.15) is 15.9 Å². The number of methoxy groups -OCH3 is 3. The van der Waals surface area contributed by atoms with Gasteiger partial charge in [-0.1, -0.05) is 6.08 Å². The van der Waals surface area contributed by atoms with Crippen LogP contribution in [-0.4, -0.2) is 45.4 Å². The molecule has 0 aliphatic heterocycles. The number of carbonyl (C=O) groups excluding carboxylic acids is 1. The average molecular weight is 358 g/mol. The van der Waals surface area contributed by atoms with Crippen LogP contribution < -0.4 is 14.2 Å². The van der Waals surface area contributed by atoms with E-state index in [4.69, 9.17) is 18.9 Å². The lowest BCUT2D eigenvalue weighted by atomic mass is 10.1. The van der Waals surface area contributed by atoms with Crippen LogP contribution in [0.25, 0.3) is 6.08 Å². The Morgan fingerprint density at radius 3 is 2.15 bits per heavy atom. The first-order valence-corrected chi connectivity index (χ1v) is 7.98. The number of hydrogen-bond acceptors (Lipinski definition) is 6. The monoisotopic (exact) mass is 358 g/mol. The van der Waals surface area contributed by atoms with E-state index in [1.54, 1.807) is 49.6 Å². The Morgan fingerprint density at radius 2 is 1.62 bits per heavy atom. The summed E-state index contributed by atoms with van der Waals surface area (Å²) in [7, 11) is 4.50. The molecule has 0 radical (unpaired) electrons. The molecule has 0 aliphatic rings. The van der Waals surface area contributed by atoms with Gasteiger partial charge in [0.1, 0.15) is 12.4 Å². The Morgan fingerprint density at radius 1 is 1.00 bits per heavy atom. The van der Waals surface area contributed by atoms with Crippen molar-refractivity contribution >= 4 is 11.9 Å². The molecular formula is C20H22O6. The maximum Gasteiger partial charge on any atom is 0.200 e. The smallest absolute Gasteiger partial charge is 0.200 e. The van der Waals surface area contributed by atoms with Crippen LogP contribution in [0.4, 0.5) is 0 Å². The van der Waals surface area contributed by atoms with Gasteiger partial charge in [-0.2, -0.15) is 0 Å². The fraction of sp³-hybridized carbons (Fsp3) is 0.250. The number of aromatic hydroxyl groups is 1. The summed E-state index contributed by atoms with van der Waals surface area (Å²) >= 11 is 0. The van der Waals surface area contributed by atoms with Crippen molar-refractivity contribution in [3.05, 3.63) is 53.6 Å². The SMILES string of the molecule is COCCOc1ccc(C(=O)/C=C\c2cc(OC)c(O)c(OC)c2)cc1. The predicted molar refractivity (Wildman–Crippen MR) is 98.4 cm³/mol. The van der Waals surface area contributed by atoms with Crippen molar-refractivity contribution < 1.29 is 28.8 Å². The maximum atomic E-state index is 12.3. The minimum Gasteiger partial charge on any atom is -0.502 e. The van der Waals surface area contributed by atoms with E-state index in [9.17, 15) is 9.90 Å². The average Bonchev–Trinajstić information content (AvgIpc) is 2.67. The zero-order valence-electron chi connectivity index (χ0n) is 15.0. The summed E-state index contributed by atoms with van der Waals surface area (Å²) in [5.41, 5.74) is 1.21. The molecule has 0 spiro atoms. The van der Waals surface area contributed by atoms with E-state index in [1.807, 2.05) is 0 Å². The molecule has 0 aromatic heterocycles. The molecule has 0 fully saturated rings. The molecular weight excluding hydrogens is 336 g/mol. The quantitative estimate of drug-likeness (QED) is 0.421. The molecule has 0 amide bonds. The summed E-state index contributed by atoms with van der Waals surface area (Å²) in [5.74, 6) is 0.987. The third-order valence-corrected chi connectivity index (χ3v) is 3.62. The fourth-order valence-electron chi connectivity index (χ4n) is 2.24. The summed E-state index contributed by atoms with van der Waals surface area (Å²) < 4.78 is 20.6. The van der Waals surface area contributed by atoms with Crippen molar-refractivity contribution in [3.63, 3.8) is 0 Å². The van der Waals surface area contributed by atoms with E-state index >= 15 is 0 Å². The Balaban J connectivity index is 2.09. The van der Waals surface area contributed by atoms with E-state index in [0.717, 1.165) is 0 Å². The molecule has 2 rings (SSSR count). The minimum atomic E-state index is -0.153. The largest absolute Gasteiger partial charge is 0.502 e. The lowest BCUT2D eigenvalue weighted by molar-refractivity contribution is 0.104. The summed E-state index contributed by atoms with van der Waals surface area (Å²) in [6, 6.07) is 10.1. The highest BCUT2D eigenvalue weighted by Gasteiger charge is 2.10. The second-order valence-electron chi connectivity index (χ2n) is 5.34. The van der Waals surface area contributed by atoms with E-state index in [0.29, 0.717) is 30.1 Å². The van der Waals surface area contributed by atoms with Gasteiger partial charge >= 0.3 is 0 Å². The van der Waals surface area contributed by atoms with Gasteiger partial charge in [0.15, 0.2) is 17.3 Å². The minimum absolute atomic E-state index is 0.0810. The van der Waals surface area contributed by atoms with E-state index in [1.165, 1.54) is 20.3 Å². The molecule has 2 aromatic carbocycles. The lowest BCUT2D eigenvalue weighted by Crippen LogP contribution is -2.04. The number of allylic oxidation sites excluding steroid dienone is 1. The molecule has 0 heterocycles. The lowest BCUT2D eigenvalue weighted by Gasteiger charge is -2.09. The van der Waals surface area contributed by atoms with Crippen LogP contribution in [-0.2, 0) is 4.74 Å². The van der Waals surface area contributed by atoms with Crippen LogP contribution in [0.3, 0.4) is 0 Å². The third-order valence-electron chi connectivity index (χ3n) is 3.62. The van der Waals surface area contributed by atoms with Crippen molar-refractivity contribution in [2.45, 2.75) is 0 Å². The Labute approximate surface area is 152 Å². The van der Waals surface area contributed by atoms with Gasteiger partial charge in [0.05, 0.1) is 20.8 Å². The first-order valence-electron chi connectivity index (χ1n) is 7.98. The molecule has 2 aromatic rings. The van der Waals surface area contributed by atoms with E-state index in [-0.39, 0.29) is 23.0 Å². The normalized spacial score (nSPS) is 10.7. The number of ether oxygens (including phenoxy) is 4. The van der Waals surface area contributed by atoms with Gasteiger partial charge in [0, 0.05) is 12.7 Å². The van der Waals surface area contributed by atoms with Gasteiger partial charge in [0.2, 0.25) is 5.75 Å². The topological polar surface area (TPSA) is 74.2 Å². The summed E-state index contributed by atoms with van der Waals surface area (Å²) in [4.78, 5) is 12.3. The first kappa shape index (κ1) is 19.3. The van der Waals surface area contributed by atoms with Gasteiger partial charge in [-0.25, -0.2) is 0 Å². The molecule has 1 N–H and O–H groups in total. The first-order chi connectivity index (χ1) is 12.6. The molecule has 6 nitrogen and oxygen atoms in total. The van der Waals surface area contributed by atoms with Crippen LogP contribution in [0, 0.1) is 0 Å². The zero-order valence-corrected chi connectivity index (χ0v) is 15.0. The van der Waals surface area contributed by atoms with Crippen LogP contribution in [0.2, 0.25) is 0 Å². The van der Waals surface area contributed by atoms with Crippen LogP contribution in [0.5, 0.6) is 23.0 Å². The molecule has 0 saturated carbocycles. The van der Waals surface area contributed by atoms with E-state index in [2.05, 4.69) is 0 Å². The number of hydrogen-bond donors (Lipinski definition) is 1. The van der Waals surface area contributed by atoms with Gasteiger partial charge in [-0.05, 0) is 48.0 Å². The maximum absolute atomic E-state index is 12.3. The number of phenols is 1. The summed E-state index contributed by atoms with van der Waals surface area (Å²) in [6.07, 6.45) is 3.09. The number of phenolic OH excluding ortho intramolecular Hbond substituents is 1. The molecule has 0 aliphatic carbocycles. The molecule has 0 atom stereocenters. The second kappa shape index (κ2) is 9.48. The van der Waals surface area contributed by atoms with Crippen molar-refractivity contribution in [1.29, 1.82) is 0 Å². The Kier molecular flexibility index (Phi) is 7.05. The predicted octanol–water partition coefficient (Wildman–Crippen LogP) is 3.33. The molecule has 6 heteroatoms. The van der Waals surface area contributed by atoms with Crippen molar-refractivity contribution in [3.8, 4) is 23.0 Å². The van der Waals surface area contributed by atoms with Crippen molar-refractivity contribution in [2.24, 2.45) is 0 Å². The van der Waals surface area contributed by atoms with Gasteiger partial charge in [0.25, 0.3) is 0 Å². The number of ketones is 1. The Bertz CT molecular complexity index is 739. The fourth-order valence-corrected chi connectivity index (χ4v) is 2.24. The van der Waals surface area contributed by atoms with Crippen LogP contribution >= 0.6 is 0 Å². The number of carbonyl (C=O) groups is 1. The van der Waals surface area contributed by atoms with Crippen molar-refractivity contribution in [1.82, 2.24) is 0 Å². The Hall–Kier alpha value is -2.99. The summed E-state index contributed by atoms with van der Waals surface area (Å²) in [6.45, 7) is 0.956. The molecule has 0 unspecified atom stereocenters. The van der Waals surface area contributed by atoms with Gasteiger partial charge < -0.3 is 24.1 Å². The zero-order chi connectivity index (χ0) is 18.9.